The number of ether oxygens (including phenoxy) is 2. The zero-order valence-electron chi connectivity index (χ0n) is 20.6. The van der Waals surface area contributed by atoms with Gasteiger partial charge >= 0.3 is 5.97 Å². The third-order valence-electron chi connectivity index (χ3n) is 6.20. The van der Waals surface area contributed by atoms with Crippen LogP contribution in [0.4, 0.5) is 11.5 Å². The van der Waals surface area contributed by atoms with Gasteiger partial charge in [0.25, 0.3) is 0 Å². The lowest BCUT2D eigenvalue weighted by molar-refractivity contribution is 0.0602. The molecular formula is C29H26N4O3. The van der Waals surface area contributed by atoms with Crippen LogP contribution in [0, 0.1) is 13.8 Å². The molecule has 0 aliphatic carbocycles. The molecule has 0 aliphatic heterocycles. The Kier molecular flexibility index (Phi) is 6.12. The second kappa shape index (κ2) is 9.54. The minimum absolute atomic E-state index is 0.416. The van der Waals surface area contributed by atoms with E-state index in [2.05, 4.69) is 10.3 Å². The van der Waals surface area contributed by atoms with Crippen molar-refractivity contribution in [3.8, 4) is 22.6 Å². The maximum atomic E-state index is 12.5. The van der Waals surface area contributed by atoms with Gasteiger partial charge in [0.15, 0.2) is 0 Å². The fourth-order valence-electron chi connectivity index (χ4n) is 4.43. The fraction of sp³-hybridized carbons (Fsp3) is 0.138. The fourth-order valence-corrected chi connectivity index (χ4v) is 4.43. The smallest absolute Gasteiger partial charge is 0.339 e. The highest BCUT2D eigenvalue weighted by Gasteiger charge is 2.22. The highest BCUT2D eigenvalue weighted by atomic mass is 16.5. The van der Waals surface area contributed by atoms with Crippen LogP contribution in [-0.4, -0.2) is 35.0 Å². The van der Waals surface area contributed by atoms with E-state index in [0.717, 1.165) is 50.5 Å². The molecule has 0 saturated heterocycles. The largest absolute Gasteiger partial charge is 0.496 e. The molecule has 2 aromatic heterocycles. The van der Waals surface area contributed by atoms with Gasteiger partial charge in [-0.2, -0.15) is 5.10 Å². The number of para-hydroxylation sites is 2. The van der Waals surface area contributed by atoms with Crippen LogP contribution in [0.15, 0.2) is 79.0 Å². The van der Waals surface area contributed by atoms with Crippen molar-refractivity contribution in [1.82, 2.24) is 14.8 Å². The minimum atomic E-state index is -0.416. The molecule has 1 N–H and O–H groups in total. The molecule has 0 spiro atoms. The van der Waals surface area contributed by atoms with Crippen molar-refractivity contribution >= 4 is 28.4 Å². The lowest BCUT2D eigenvalue weighted by atomic mass is 10.0. The summed E-state index contributed by atoms with van der Waals surface area (Å²) in [4.78, 5) is 17.1. The quantitative estimate of drug-likeness (QED) is 0.291. The Bertz CT molecular complexity index is 1590. The Morgan fingerprint density at radius 1 is 0.944 bits per heavy atom. The molecule has 5 rings (SSSR count). The Balaban J connectivity index is 1.74. The summed E-state index contributed by atoms with van der Waals surface area (Å²) in [6, 6.07) is 23.3. The Labute approximate surface area is 209 Å². The van der Waals surface area contributed by atoms with Gasteiger partial charge in [-0.25, -0.2) is 9.48 Å². The van der Waals surface area contributed by atoms with Crippen molar-refractivity contribution in [3.63, 3.8) is 0 Å². The van der Waals surface area contributed by atoms with E-state index in [-0.39, 0.29) is 0 Å². The number of nitrogens with zero attached hydrogens (tertiary/aromatic N) is 3. The molecule has 0 aliphatic rings. The summed E-state index contributed by atoms with van der Waals surface area (Å²) in [5.74, 6) is 1.09. The lowest BCUT2D eigenvalue weighted by Gasteiger charge is -2.16. The zero-order valence-corrected chi connectivity index (χ0v) is 20.6. The first kappa shape index (κ1) is 23.1. The summed E-state index contributed by atoms with van der Waals surface area (Å²) in [5, 5.41) is 9.34. The van der Waals surface area contributed by atoms with Gasteiger partial charge in [0.05, 0.1) is 42.4 Å². The van der Waals surface area contributed by atoms with Gasteiger partial charge in [-0.3, -0.25) is 4.98 Å². The molecule has 0 atom stereocenters. The van der Waals surface area contributed by atoms with Gasteiger partial charge < -0.3 is 14.8 Å². The molecule has 3 aromatic carbocycles. The lowest BCUT2D eigenvalue weighted by Crippen LogP contribution is -2.09. The number of aryl methyl sites for hydroxylation is 2. The monoisotopic (exact) mass is 478 g/mol. The molecule has 2 heterocycles. The second-order valence-corrected chi connectivity index (χ2v) is 8.41. The number of pyridine rings is 1. The van der Waals surface area contributed by atoms with E-state index >= 15 is 0 Å². The number of aromatic nitrogens is 3. The number of nitrogens with one attached hydrogen (secondary N) is 1. The van der Waals surface area contributed by atoms with E-state index in [1.807, 2.05) is 85.3 Å². The molecular weight excluding hydrogens is 452 g/mol. The molecule has 7 nitrogen and oxygen atoms in total. The van der Waals surface area contributed by atoms with Gasteiger partial charge in [0.1, 0.15) is 11.6 Å². The number of esters is 1. The van der Waals surface area contributed by atoms with Crippen LogP contribution in [0.2, 0.25) is 0 Å². The van der Waals surface area contributed by atoms with Crippen LogP contribution >= 0.6 is 0 Å². The van der Waals surface area contributed by atoms with Crippen molar-refractivity contribution in [1.29, 1.82) is 0 Å². The first-order valence-corrected chi connectivity index (χ1v) is 11.5. The Hall–Kier alpha value is -4.65. The first-order valence-electron chi connectivity index (χ1n) is 11.5. The number of methoxy groups -OCH3 is 2. The van der Waals surface area contributed by atoms with Crippen molar-refractivity contribution in [2.45, 2.75) is 13.8 Å². The molecule has 0 bridgehead atoms. The highest BCUT2D eigenvalue weighted by molar-refractivity contribution is 5.98. The van der Waals surface area contributed by atoms with E-state index in [4.69, 9.17) is 14.6 Å². The SMILES string of the molecule is COC(=O)c1ccccc1Nc1c(-c2ccc3c(OC)ccnc3c2)c(C)nn1-c1ccccc1C. The topological polar surface area (TPSA) is 78.3 Å². The van der Waals surface area contributed by atoms with E-state index in [0.29, 0.717) is 11.3 Å². The summed E-state index contributed by atoms with van der Waals surface area (Å²) in [5.41, 5.74) is 6.57. The molecule has 0 amide bonds. The molecule has 36 heavy (non-hydrogen) atoms. The maximum Gasteiger partial charge on any atom is 0.339 e. The number of fused-ring (bicyclic) bond motifs is 1. The third kappa shape index (κ3) is 4.05. The third-order valence-corrected chi connectivity index (χ3v) is 6.20. The van der Waals surface area contributed by atoms with Crippen LogP contribution in [0.1, 0.15) is 21.6 Å². The van der Waals surface area contributed by atoms with E-state index in [1.54, 1.807) is 19.4 Å². The zero-order chi connectivity index (χ0) is 25.2. The summed E-state index contributed by atoms with van der Waals surface area (Å²) in [6.07, 6.45) is 1.74. The molecule has 0 saturated carbocycles. The summed E-state index contributed by atoms with van der Waals surface area (Å²) in [6.45, 7) is 4.02. The maximum absolute atomic E-state index is 12.5. The van der Waals surface area contributed by atoms with E-state index < -0.39 is 5.97 Å². The molecule has 0 radical (unpaired) electrons. The van der Waals surface area contributed by atoms with Gasteiger partial charge in [-0.05, 0) is 61.4 Å². The van der Waals surface area contributed by atoms with Crippen molar-refractivity contribution in [2.24, 2.45) is 0 Å². The molecule has 0 unspecified atom stereocenters. The average molecular weight is 479 g/mol. The first-order chi connectivity index (χ1) is 17.5. The van der Waals surface area contributed by atoms with Gasteiger partial charge in [0, 0.05) is 17.1 Å². The van der Waals surface area contributed by atoms with E-state index in [9.17, 15) is 4.79 Å². The van der Waals surface area contributed by atoms with Gasteiger partial charge in [-0.1, -0.05) is 36.4 Å². The predicted octanol–water partition coefficient (Wildman–Crippen LogP) is 6.24. The predicted molar refractivity (Wildman–Crippen MR) is 141 cm³/mol. The van der Waals surface area contributed by atoms with Crippen LogP contribution < -0.4 is 10.1 Å². The van der Waals surface area contributed by atoms with Crippen molar-refractivity contribution in [2.75, 3.05) is 19.5 Å². The number of carbonyl (C=O) groups is 1. The summed E-state index contributed by atoms with van der Waals surface area (Å²) in [7, 11) is 3.03. The number of hydrogen-bond acceptors (Lipinski definition) is 6. The highest BCUT2D eigenvalue weighted by Crippen LogP contribution is 2.38. The number of anilines is 2. The van der Waals surface area contributed by atoms with Crippen LogP contribution in [-0.2, 0) is 4.74 Å². The van der Waals surface area contributed by atoms with Crippen molar-refractivity contribution < 1.29 is 14.3 Å². The average Bonchev–Trinajstić information content (AvgIpc) is 3.23. The molecule has 5 aromatic rings. The summed E-state index contributed by atoms with van der Waals surface area (Å²) >= 11 is 0. The van der Waals surface area contributed by atoms with Crippen LogP contribution in [0.3, 0.4) is 0 Å². The number of benzene rings is 3. The number of carbonyl (C=O) groups excluding carboxylic acids is 1. The minimum Gasteiger partial charge on any atom is -0.496 e. The van der Waals surface area contributed by atoms with E-state index in [1.165, 1.54) is 7.11 Å². The Morgan fingerprint density at radius 2 is 1.72 bits per heavy atom. The number of hydrogen-bond donors (Lipinski definition) is 1. The number of rotatable bonds is 6. The van der Waals surface area contributed by atoms with Crippen LogP contribution in [0.5, 0.6) is 5.75 Å². The standard InChI is InChI=1S/C29H26N4O3/c1-18-9-5-8-12-25(18)33-28(31-23-11-7-6-10-22(23)29(34)36-4)27(19(2)32-33)20-13-14-21-24(17-20)30-16-15-26(21)35-3/h5-17,31H,1-4H3. The second-order valence-electron chi connectivity index (χ2n) is 8.41. The molecule has 7 heteroatoms. The Morgan fingerprint density at radius 3 is 2.50 bits per heavy atom. The van der Waals surface area contributed by atoms with Gasteiger partial charge in [-0.15, -0.1) is 0 Å². The van der Waals surface area contributed by atoms with Crippen LogP contribution in [0.25, 0.3) is 27.7 Å². The molecule has 0 fully saturated rings. The van der Waals surface area contributed by atoms with Crippen molar-refractivity contribution in [3.05, 3.63) is 95.8 Å². The summed E-state index contributed by atoms with van der Waals surface area (Å²) < 4.78 is 12.4. The molecule has 180 valence electrons. The normalized spacial score (nSPS) is 10.9. The van der Waals surface area contributed by atoms with Gasteiger partial charge in [0.2, 0.25) is 0 Å².